The Bertz CT molecular complexity index is 1280. The predicted octanol–water partition coefficient (Wildman–Crippen LogP) is 7.72. The van der Waals surface area contributed by atoms with Crippen molar-refractivity contribution in [2.75, 3.05) is 17.7 Å². The summed E-state index contributed by atoms with van der Waals surface area (Å²) < 4.78 is 5.53. The highest BCUT2D eigenvalue weighted by molar-refractivity contribution is 7.99. The molecule has 1 aliphatic carbocycles. The molecule has 1 heterocycles. The molecule has 0 saturated heterocycles. The number of rotatable bonds is 4. The maximum Gasteiger partial charge on any atom is 0.163 e. The molecule has 3 aromatic carbocycles. The van der Waals surface area contributed by atoms with Crippen molar-refractivity contribution in [1.82, 2.24) is 0 Å². The van der Waals surface area contributed by atoms with Gasteiger partial charge in [0.25, 0.3) is 0 Å². The summed E-state index contributed by atoms with van der Waals surface area (Å²) in [5.41, 5.74) is 4.67. The molecule has 2 aliphatic rings. The van der Waals surface area contributed by atoms with Gasteiger partial charge in [-0.3, -0.25) is 4.79 Å². The number of para-hydroxylation sites is 1. The normalized spacial score (nSPS) is 18.8. The summed E-state index contributed by atoms with van der Waals surface area (Å²) in [6.45, 7) is 4.31. The van der Waals surface area contributed by atoms with Crippen molar-refractivity contribution < 1.29 is 9.53 Å². The standard InChI is InChI=1S/C28H27ClN2O2S/c1-28(2)15-22-26(23(32)16-28)27(17-8-10-18(29)11-9-17)31-21-14-19(12-13-20(21)30-22)34-25-7-5-4-6-24(25)33-3/h4-14,27,30-31H,15-16H2,1-3H3. The molecule has 34 heavy (non-hydrogen) atoms. The summed E-state index contributed by atoms with van der Waals surface area (Å²) >= 11 is 7.82. The molecule has 1 aliphatic heterocycles. The second kappa shape index (κ2) is 9.05. The lowest BCUT2D eigenvalue weighted by Gasteiger charge is -2.34. The molecule has 0 radical (unpaired) electrons. The highest BCUT2D eigenvalue weighted by Crippen LogP contribution is 2.46. The lowest BCUT2D eigenvalue weighted by Crippen LogP contribution is -2.31. The molecule has 1 unspecified atom stereocenters. The van der Waals surface area contributed by atoms with E-state index in [1.54, 1.807) is 18.9 Å². The van der Waals surface area contributed by atoms with E-state index in [4.69, 9.17) is 16.3 Å². The second-order valence-corrected chi connectivity index (χ2v) is 11.1. The van der Waals surface area contributed by atoms with Crippen LogP contribution in [0.4, 0.5) is 11.4 Å². The Morgan fingerprint density at radius 2 is 1.76 bits per heavy atom. The minimum atomic E-state index is -0.254. The summed E-state index contributed by atoms with van der Waals surface area (Å²) in [6, 6.07) is 21.8. The van der Waals surface area contributed by atoms with E-state index in [2.05, 4.69) is 48.7 Å². The summed E-state index contributed by atoms with van der Waals surface area (Å²) in [4.78, 5) is 15.5. The lowest BCUT2D eigenvalue weighted by molar-refractivity contribution is -0.118. The van der Waals surface area contributed by atoms with Gasteiger partial charge in [-0.15, -0.1) is 0 Å². The zero-order valence-electron chi connectivity index (χ0n) is 19.4. The van der Waals surface area contributed by atoms with E-state index in [0.717, 1.165) is 50.2 Å². The van der Waals surface area contributed by atoms with E-state index in [1.165, 1.54) is 0 Å². The highest BCUT2D eigenvalue weighted by Gasteiger charge is 2.38. The van der Waals surface area contributed by atoms with E-state index in [-0.39, 0.29) is 17.2 Å². The van der Waals surface area contributed by atoms with Gasteiger partial charge in [0.05, 0.1) is 29.4 Å². The Morgan fingerprint density at radius 1 is 1.00 bits per heavy atom. The summed E-state index contributed by atoms with van der Waals surface area (Å²) in [7, 11) is 1.69. The fourth-order valence-electron chi connectivity index (χ4n) is 4.72. The molecule has 0 bridgehead atoms. The van der Waals surface area contributed by atoms with Gasteiger partial charge >= 0.3 is 0 Å². The van der Waals surface area contributed by atoms with Crippen LogP contribution in [0.3, 0.4) is 0 Å². The summed E-state index contributed by atoms with van der Waals surface area (Å²) in [5.74, 6) is 1.03. The van der Waals surface area contributed by atoms with Crippen LogP contribution in [0.1, 0.15) is 38.3 Å². The van der Waals surface area contributed by atoms with Crippen LogP contribution in [0.5, 0.6) is 5.75 Å². The summed E-state index contributed by atoms with van der Waals surface area (Å²) in [6.07, 6.45) is 1.35. The molecule has 0 spiro atoms. The van der Waals surface area contributed by atoms with Gasteiger partial charge in [0.15, 0.2) is 5.78 Å². The van der Waals surface area contributed by atoms with Crippen LogP contribution in [0.2, 0.25) is 5.02 Å². The Balaban J connectivity index is 1.56. The van der Waals surface area contributed by atoms with Crippen LogP contribution in [-0.4, -0.2) is 12.9 Å². The molecular formula is C28H27ClN2O2S. The second-order valence-electron chi connectivity index (χ2n) is 9.55. The first-order valence-electron chi connectivity index (χ1n) is 11.3. The van der Waals surface area contributed by atoms with Gasteiger partial charge in [0.2, 0.25) is 0 Å². The van der Waals surface area contributed by atoms with Gasteiger partial charge in [-0.25, -0.2) is 0 Å². The van der Waals surface area contributed by atoms with E-state index in [1.807, 2.05) is 42.5 Å². The van der Waals surface area contributed by atoms with Gasteiger partial charge in [0, 0.05) is 27.6 Å². The molecule has 0 saturated carbocycles. The maximum absolute atomic E-state index is 13.4. The first-order valence-corrected chi connectivity index (χ1v) is 12.5. The number of ether oxygens (including phenoxy) is 1. The molecule has 5 rings (SSSR count). The van der Waals surface area contributed by atoms with Gasteiger partial charge < -0.3 is 15.4 Å². The van der Waals surface area contributed by atoms with Crippen LogP contribution in [0.15, 0.2) is 87.8 Å². The number of carbonyl (C=O) groups is 1. The van der Waals surface area contributed by atoms with Gasteiger partial charge in [0.1, 0.15) is 5.75 Å². The number of benzene rings is 3. The number of anilines is 2. The lowest BCUT2D eigenvalue weighted by atomic mass is 9.73. The number of ketones is 1. The monoisotopic (exact) mass is 490 g/mol. The molecule has 4 nitrogen and oxygen atoms in total. The number of allylic oxidation sites excluding steroid dienone is 1. The van der Waals surface area contributed by atoms with Crippen molar-refractivity contribution >= 4 is 40.5 Å². The van der Waals surface area contributed by atoms with Crippen molar-refractivity contribution in [3.8, 4) is 5.75 Å². The molecule has 6 heteroatoms. The third kappa shape index (κ3) is 4.55. The minimum absolute atomic E-state index is 0.0857. The zero-order valence-corrected chi connectivity index (χ0v) is 21.0. The molecule has 1 atom stereocenters. The van der Waals surface area contributed by atoms with Gasteiger partial charge in [-0.1, -0.05) is 61.5 Å². The number of methoxy groups -OCH3 is 1. The molecule has 0 fully saturated rings. The van der Waals surface area contributed by atoms with Crippen LogP contribution in [-0.2, 0) is 4.79 Å². The van der Waals surface area contributed by atoms with Crippen molar-refractivity contribution in [3.63, 3.8) is 0 Å². The fourth-order valence-corrected chi connectivity index (χ4v) is 5.81. The van der Waals surface area contributed by atoms with E-state index in [9.17, 15) is 4.79 Å². The number of hydrogen-bond acceptors (Lipinski definition) is 5. The van der Waals surface area contributed by atoms with E-state index < -0.39 is 0 Å². The van der Waals surface area contributed by atoms with Crippen molar-refractivity contribution in [1.29, 1.82) is 0 Å². The number of halogens is 1. The van der Waals surface area contributed by atoms with E-state index >= 15 is 0 Å². The minimum Gasteiger partial charge on any atom is -0.496 e. The Labute approximate surface area is 209 Å². The number of Topliss-reactive ketones (excluding diaryl/α,β-unsaturated/α-hetero) is 1. The number of fused-ring (bicyclic) bond motifs is 1. The predicted molar refractivity (Wildman–Crippen MR) is 140 cm³/mol. The maximum atomic E-state index is 13.4. The smallest absolute Gasteiger partial charge is 0.163 e. The molecule has 2 N–H and O–H groups in total. The van der Waals surface area contributed by atoms with Crippen LogP contribution in [0, 0.1) is 5.41 Å². The largest absolute Gasteiger partial charge is 0.496 e. The topological polar surface area (TPSA) is 50.4 Å². The summed E-state index contributed by atoms with van der Waals surface area (Å²) in [5, 5.41) is 7.96. The number of nitrogens with one attached hydrogen (secondary N) is 2. The first kappa shape index (κ1) is 22.9. The average Bonchev–Trinajstić information content (AvgIpc) is 2.95. The molecule has 174 valence electrons. The van der Waals surface area contributed by atoms with Gasteiger partial charge in [-0.2, -0.15) is 0 Å². The quantitative estimate of drug-likeness (QED) is 0.392. The molecule has 0 aromatic heterocycles. The van der Waals surface area contributed by atoms with Crippen LogP contribution >= 0.6 is 23.4 Å². The molecule has 0 amide bonds. The van der Waals surface area contributed by atoms with Crippen molar-refractivity contribution in [2.45, 2.75) is 42.5 Å². The van der Waals surface area contributed by atoms with E-state index in [0.29, 0.717) is 11.4 Å². The Hall–Kier alpha value is -2.89. The number of carbonyl (C=O) groups excluding carboxylic acids is 1. The highest BCUT2D eigenvalue weighted by atomic mass is 35.5. The zero-order chi connectivity index (χ0) is 23.9. The van der Waals surface area contributed by atoms with Gasteiger partial charge in [-0.05, 0) is 59.9 Å². The average molecular weight is 491 g/mol. The van der Waals surface area contributed by atoms with Crippen LogP contribution < -0.4 is 15.4 Å². The first-order chi connectivity index (χ1) is 16.3. The fraction of sp³-hybridized carbons (Fsp3) is 0.250. The Kier molecular flexibility index (Phi) is 6.09. The number of hydrogen-bond donors (Lipinski definition) is 2. The Morgan fingerprint density at radius 3 is 2.53 bits per heavy atom. The van der Waals surface area contributed by atoms with Crippen molar-refractivity contribution in [2.24, 2.45) is 5.41 Å². The van der Waals surface area contributed by atoms with Crippen LogP contribution in [0.25, 0.3) is 0 Å². The third-order valence-corrected chi connectivity index (χ3v) is 7.58. The SMILES string of the molecule is COc1ccccc1Sc1ccc2c(c1)NC(c1ccc(Cl)cc1)C1=C(CC(C)(C)CC1=O)N2. The third-order valence-electron chi connectivity index (χ3n) is 6.29. The molecular weight excluding hydrogens is 464 g/mol. The molecule has 3 aromatic rings. The van der Waals surface area contributed by atoms with Crippen molar-refractivity contribution in [3.05, 3.63) is 88.6 Å².